The molecule has 0 unspecified atom stereocenters. The number of carbonyl (C=O) groups excluding carboxylic acids is 3. The van der Waals surface area contributed by atoms with E-state index in [0.717, 1.165) is 18.4 Å². The number of hydrogen-bond donors (Lipinski definition) is 1. The molecule has 2 heterocycles. The van der Waals surface area contributed by atoms with Crippen molar-refractivity contribution in [3.63, 3.8) is 0 Å². The topological polar surface area (TPSA) is 88.2 Å². The molecule has 2 fully saturated rings. The molecule has 0 atom stereocenters. The van der Waals surface area contributed by atoms with Gasteiger partial charge >= 0.3 is 11.8 Å². The summed E-state index contributed by atoms with van der Waals surface area (Å²) in [7, 11) is 0. The van der Waals surface area contributed by atoms with Crippen molar-refractivity contribution in [2.24, 2.45) is 0 Å². The molecule has 2 aliphatic heterocycles. The molecule has 3 amide bonds. The number of halogens is 1. The molecule has 1 aromatic rings. The third-order valence-corrected chi connectivity index (χ3v) is 5.32. The number of fused-ring (bicyclic) bond motifs is 1. The Morgan fingerprint density at radius 3 is 2.43 bits per heavy atom. The number of nitrogens with one attached hydrogen (secondary N) is 1. The Kier molecular flexibility index (Phi) is 5.30. The highest BCUT2D eigenvalue weighted by Gasteiger charge is 2.31. The number of amides is 3. The highest BCUT2D eigenvalue weighted by molar-refractivity contribution is 6.35. The van der Waals surface area contributed by atoms with Crippen molar-refractivity contribution in [1.29, 1.82) is 0 Å². The molecule has 0 bridgehead atoms. The van der Waals surface area contributed by atoms with Gasteiger partial charge in [0.1, 0.15) is 13.2 Å². The largest absolute Gasteiger partial charge is 0.486 e. The third-order valence-electron chi connectivity index (χ3n) is 5.04. The third kappa shape index (κ3) is 4.16. The number of nitrogens with zero attached hydrogens (tertiary/aromatic N) is 2. The Morgan fingerprint density at radius 2 is 1.71 bits per heavy atom. The minimum atomic E-state index is -0.548. The van der Waals surface area contributed by atoms with Gasteiger partial charge in [0.2, 0.25) is 5.91 Å². The van der Waals surface area contributed by atoms with Crippen molar-refractivity contribution in [1.82, 2.24) is 15.1 Å². The molecule has 0 spiro atoms. The van der Waals surface area contributed by atoms with Crippen LogP contribution in [-0.2, 0) is 20.8 Å². The van der Waals surface area contributed by atoms with E-state index in [4.69, 9.17) is 21.1 Å². The van der Waals surface area contributed by atoms with E-state index in [1.165, 1.54) is 4.90 Å². The van der Waals surface area contributed by atoms with Gasteiger partial charge in [0, 0.05) is 32.2 Å². The number of piperazine rings is 1. The van der Waals surface area contributed by atoms with Crippen LogP contribution >= 0.6 is 11.6 Å². The van der Waals surface area contributed by atoms with Crippen LogP contribution in [0.2, 0.25) is 5.02 Å². The standard InChI is InChI=1S/C19H22ClN3O5/c20-14-9-12(10-15-17(14)28-8-7-27-15)11-16(24)22-3-5-23(6-4-22)19(26)18(25)21-13-1-2-13/h9-10,13H,1-8,11H2,(H,21,25). The molecule has 1 aliphatic carbocycles. The van der Waals surface area contributed by atoms with Crippen LogP contribution in [0.4, 0.5) is 0 Å². The summed E-state index contributed by atoms with van der Waals surface area (Å²) in [5.74, 6) is -0.0487. The van der Waals surface area contributed by atoms with Gasteiger partial charge in [0.15, 0.2) is 11.5 Å². The Balaban J connectivity index is 1.31. The first-order valence-corrected chi connectivity index (χ1v) is 9.84. The maximum atomic E-state index is 12.6. The summed E-state index contributed by atoms with van der Waals surface area (Å²) in [4.78, 5) is 39.9. The lowest BCUT2D eigenvalue weighted by Gasteiger charge is -2.34. The van der Waals surface area contributed by atoms with Crippen LogP contribution in [0.15, 0.2) is 12.1 Å². The minimum absolute atomic E-state index is 0.0534. The molecule has 9 heteroatoms. The lowest BCUT2D eigenvalue weighted by Crippen LogP contribution is -2.54. The lowest BCUT2D eigenvalue weighted by molar-refractivity contribution is -0.148. The van der Waals surface area contributed by atoms with Crippen LogP contribution in [-0.4, -0.2) is 73.0 Å². The summed E-state index contributed by atoms with van der Waals surface area (Å²) >= 11 is 6.23. The second-order valence-corrected chi connectivity index (χ2v) is 7.61. The summed E-state index contributed by atoms with van der Waals surface area (Å²) in [5, 5.41) is 3.13. The fourth-order valence-corrected chi connectivity index (χ4v) is 3.62. The summed E-state index contributed by atoms with van der Waals surface area (Å²) in [5.41, 5.74) is 0.751. The van der Waals surface area contributed by atoms with Crippen molar-refractivity contribution in [3.05, 3.63) is 22.7 Å². The van der Waals surface area contributed by atoms with Gasteiger partial charge in [-0.05, 0) is 30.5 Å². The quantitative estimate of drug-likeness (QED) is 0.741. The fraction of sp³-hybridized carbons (Fsp3) is 0.526. The van der Waals surface area contributed by atoms with E-state index in [0.29, 0.717) is 55.9 Å². The van der Waals surface area contributed by atoms with Crippen molar-refractivity contribution in [2.45, 2.75) is 25.3 Å². The highest BCUT2D eigenvalue weighted by atomic mass is 35.5. The first kappa shape index (κ1) is 18.9. The van der Waals surface area contributed by atoms with E-state index in [2.05, 4.69) is 5.32 Å². The zero-order chi connectivity index (χ0) is 19.7. The first-order valence-electron chi connectivity index (χ1n) is 9.47. The van der Waals surface area contributed by atoms with Gasteiger partial charge in [-0.1, -0.05) is 11.6 Å². The summed E-state index contributed by atoms with van der Waals surface area (Å²) in [6, 6.07) is 3.65. The van der Waals surface area contributed by atoms with Crippen LogP contribution in [0.5, 0.6) is 11.5 Å². The molecule has 1 aromatic carbocycles. The molecule has 0 aromatic heterocycles. The van der Waals surface area contributed by atoms with E-state index in [-0.39, 0.29) is 18.4 Å². The van der Waals surface area contributed by atoms with Gasteiger partial charge in [-0.3, -0.25) is 14.4 Å². The SMILES string of the molecule is O=C(NC1CC1)C(=O)N1CCN(C(=O)Cc2cc(Cl)c3c(c2)OCCO3)CC1. The van der Waals surface area contributed by atoms with Crippen molar-refractivity contribution in [3.8, 4) is 11.5 Å². The smallest absolute Gasteiger partial charge is 0.312 e. The van der Waals surface area contributed by atoms with Crippen LogP contribution in [0, 0.1) is 0 Å². The highest BCUT2D eigenvalue weighted by Crippen LogP contribution is 2.38. The normalized spacial score (nSPS) is 18.6. The van der Waals surface area contributed by atoms with Crippen molar-refractivity contribution in [2.75, 3.05) is 39.4 Å². The number of ether oxygens (including phenoxy) is 2. The second kappa shape index (κ2) is 7.87. The molecule has 28 heavy (non-hydrogen) atoms. The molecular weight excluding hydrogens is 386 g/mol. The average Bonchev–Trinajstić information content (AvgIpc) is 3.51. The average molecular weight is 408 g/mol. The molecule has 1 N–H and O–H groups in total. The maximum Gasteiger partial charge on any atom is 0.312 e. The number of hydrogen-bond acceptors (Lipinski definition) is 5. The number of rotatable bonds is 3. The zero-order valence-electron chi connectivity index (χ0n) is 15.4. The van der Waals surface area contributed by atoms with Crippen molar-refractivity contribution < 1.29 is 23.9 Å². The van der Waals surface area contributed by atoms with Gasteiger partial charge in [-0.25, -0.2) is 0 Å². The van der Waals surface area contributed by atoms with Gasteiger partial charge in [-0.2, -0.15) is 0 Å². The second-order valence-electron chi connectivity index (χ2n) is 7.20. The Labute approximate surface area is 167 Å². The van der Waals surface area contributed by atoms with Crippen LogP contribution in [0.25, 0.3) is 0 Å². The number of benzene rings is 1. The number of carbonyl (C=O) groups is 3. The van der Waals surface area contributed by atoms with Crippen molar-refractivity contribution >= 4 is 29.3 Å². The monoisotopic (exact) mass is 407 g/mol. The minimum Gasteiger partial charge on any atom is -0.486 e. The first-order chi connectivity index (χ1) is 13.5. The molecule has 8 nitrogen and oxygen atoms in total. The zero-order valence-corrected chi connectivity index (χ0v) is 16.2. The van der Waals surface area contributed by atoms with E-state index in [9.17, 15) is 14.4 Å². The predicted molar refractivity (Wildman–Crippen MR) is 100 cm³/mol. The lowest BCUT2D eigenvalue weighted by atomic mass is 10.1. The summed E-state index contributed by atoms with van der Waals surface area (Å²) in [6.45, 7) is 2.41. The van der Waals surface area contributed by atoms with Gasteiger partial charge in [0.25, 0.3) is 0 Å². The Hall–Kier alpha value is -2.48. The molecule has 0 radical (unpaired) electrons. The van der Waals surface area contributed by atoms with Crippen LogP contribution in [0.1, 0.15) is 18.4 Å². The van der Waals surface area contributed by atoms with E-state index >= 15 is 0 Å². The summed E-state index contributed by atoms with van der Waals surface area (Å²) < 4.78 is 11.0. The molecule has 1 saturated heterocycles. The molecule has 1 saturated carbocycles. The summed E-state index contributed by atoms with van der Waals surface area (Å²) in [6.07, 6.45) is 2.06. The maximum absolute atomic E-state index is 12.6. The van der Waals surface area contributed by atoms with Gasteiger partial charge in [0.05, 0.1) is 11.4 Å². The Morgan fingerprint density at radius 1 is 1.04 bits per heavy atom. The predicted octanol–water partition coefficient (Wildman–Crippen LogP) is 0.603. The molecule has 3 aliphatic rings. The Bertz CT molecular complexity index is 803. The fourth-order valence-electron chi connectivity index (χ4n) is 3.33. The molecule has 4 rings (SSSR count). The van der Waals surface area contributed by atoms with E-state index in [1.54, 1.807) is 17.0 Å². The molecule has 150 valence electrons. The van der Waals surface area contributed by atoms with Gasteiger partial charge < -0.3 is 24.6 Å². The van der Waals surface area contributed by atoms with E-state index < -0.39 is 11.8 Å². The van der Waals surface area contributed by atoms with Crippen LogP contribution in [0.3, 0.4) is 0 Å². The van der Waals surface area contributed by atoms with E-state index in [1.807, 2.05) is 0 Å². The van der Waals surface area contributed by atoms with Crippen LogP contribution < -0.4 is 14.8 Å². The molecular formula is C19H22ClN3O5. The van der Waals surface area contributed by atoms with Gasteiger partial charge in [-0.15, -0.1) is 0 Å².